The van der Waals surface area contributed by atoms with E-state index >= 15 is 0 Å². The lowest BCUT2D eigenvalue weighted by molar-refractivity contribution is -0.144. The minimum absolute atomic E-state index is 0.0124. The molecule has 1 aliphatic heterocycles. The van der Waals surface area contributed by atoms with E-state index < -0.39 is 16.7 Å². The van der Waals surface area contributed by atoms with Crippen LogP contribution in [0.15, 0.2) is 0 Å². The van der Waals surface area contributed by atoms with Crippen molar-refractivity contribution in [2.24, 2.45) is 0 Å². The third kappa shape index (κ3) is 2.31. The molecule has 15 heavy (non-hydrogen) atoms. The van der Waals surface area contributed by atoms with Gasteiger partial charge in [-0.3, -0.25) is 14.4 Å². The van der Waals surface area contributed by atoms with Gasteiger partial charge in [0, 0.05) is 18.6 Å². The van der Waals surface area contributed by atoms with E-state index in [9.17, 15) is 14.4 Å². The zero-order chi connectivity index (χ0) is 11.5. The molecular weight excluding hydrogens is 220 g/mol. The van der Waals surface area contributed by atoms with Crippen molar-refractivity contribution in [3.05, 3.63) is 0 Å². The molecule has 1 aliphatic rings. The van der Waals surface area contributed by atoms with Crippen molar-refractivity contribution in [1.82, 2.24) is 0 Å². The van der Waals surface area contributed by atoms with Gasteiger partial charge in [0.1, 0.15) is 0 Å². The van der Waals surface area contributed by atoms with Gasteiger partial charge in [0.05, 0.1) is 7.11 Å². The number of thioether (sulfide) groups is 1. The lowest BCUT2D eigenvalue weighted by Crippen LogP contribution is -2.40. The first-order valence-electron chi connectivity index (χ1n) is 4.50. The number of esters is 1. The minimum Gasteiger partial charge on any atom is -0.480 e. The molecule has 1 N–H and O–H groups in total. The number of carboxylic acid groups (broad SMARTS) is 1. The first-order chi connectivity index (χ1) is 7.03. The molecule has 0 saturated carbocycles. The van der Waals surface area contributed by atoms with Crippen molar-refractivity contribution < 1.29 is 24.2 Å². The van der Waals surface area contributed by atoms with Crippen LogP contribution < -0.4 is 0 Å². The second kappa shape index (κ2) is 4.65. The number of carbonyl (C=O) groups excluding carboxylic acids is 2. The summed E-state index contributed by atoms with van der Waals surface area (Å²) in [6.07, 6.45) is 0.234. The summed E-state index contributed by atoms with van der Waals surface area (Å²) in [5.74, 6) is -1.44. The molecule has 0 aromatic carbocycles. The maximum Gasteiger partial charge on any atom is 0.327 e. The molecule has 6 heteroatoms. The molecular formula is C9H12O5S. The number of hydrogen-bond acceptors (Lipinski definition) is 5. The van der Waals surface area contributed by atoms with E-state index in [1.807, 2.05) is 0 Å². The van der Waals surface area contributed by atoms with Crippen molar-refractivity contribution in [2.45, 2.75) is 24.0 Å². The third-order valence-corrected chi connectivity index (χ3v) is 3.89. The van der Waals surface area contributed by atoms with Crippen molar-refractivity contribution in [3.8, 4) is 0 Å². The Morgan fingerprint density at radius 2 is 2.27 bits per heavy atom. The van der Waals surface area contributed by atoms with Crippen LogP contribution in [0.5, 0.6) is 0 Å². The maximum atomic E-state index is 11.5. The van der Waals surface area contributed by atoms with E-state index in [2.05, 4.69) is 4.74 Å². The van der Waals surface area contributed by atoms with E-state index in [1.54, 1.807) is 0 Å². The van der Waals surface area contributed by atoms with Crippen LogP contribution in [0.2, 0.25) is 0 Å². The smallest absolute Gasteiger partial charge is 0.327 e. The van der Waals surface area contributed by atoms with Gasteiger partial charge in [-0.2, -0.15) is 0 Å². The summed E-state index contributed by atoms with van der Waals surface area (Å²) in [7, 11) is 1.24. The summed E-state index contributed by atoms with van der Waals surface area (Å²) in [5.41, 5.74) is 0. The molecule has 1 fully saturated rings. The Morgan fingerprint density at radius 1 is 1.60 bits per heavy atom. The van der Waals surface area contributed by atoms with Crippen molar-refractivity contribution in [2.75, 3.05) is 12.9 Å². The Kier molecular flexibility index (Phi) is 3.73. The van der Waals surface area contributed by atoms with Crippen LogP contribution in [0.25, 0.3) is 0 Å². The summed E-state index contributed by atoms with van der Waals surface area (Å²) in [6.45, 7) is 0. The Labute approximate surface area is 91.2 Å². The van der Waals surface area contributed by atoms with Crippen molar-refractivity contribution in [1.29, 1.82) is 0 Å². The average molecular weight is 232 g/mol. The molecule has 0 aromatic heterocycles. The van der Waals surface area contributed by atoms with Gasteiger partial charge in [-0.25, -0.2) is 0 Å². The van der Waals surface area contributed by atoms with Gasteiger partial charge in [-0.1, -0.05) is 0 Å². The number of methoxy groups -OCH3 is 1. The average Bonchev–Trinajstić information content (AvgIpc) is 2.57. The molecule has 84 valence electrons. The summed E-state index contributed by atoms with van der Waals surface area (Å²) in [6, 6.07) is 0. The van der Waals surface area contributed by atoms with E-state index in [0.717, 1.165) is 11.8 Å². The monoisotopic (exact) mass is 232 g/mol. The van der Waals surface area contributed by atoms with Gasteiger partial charge < -0.3 is 9.84 Å². The first kappa shape index (κ1) is 12.0. The lowest BCUT2D eigenvalue weighted by Gasteiger charge is -2.20. The predicted octanol–water partition coefficient (Wildman–Crippen LogP) is 0.469. The SMILES string of the molecule is COC(=O)CCC1(C(=O)O)SCCC1=O. The van der Waals surface area contributed by atoms with Crippen LogP contribution in [-0.4, -0.2) is 40.4 Å². The Morgan fingerprint density at radius 3 is 2.67 bits per heavy atom. The molecule has 1 rings (SSSR count). The Hall–Kier alpha value is -1.04. The number of Topliss-reactive ketones (excluding diaryl/α,β-unsaturated/α-hetero) is 1. The maximum absolute atomic E-state index is 11.5. The number of rotatable bonds is 4. The predicted molar refractivity (Wildman–Crippen MR) is 53.7 cm³/mol. The minimum atomic E-state index is -1.42. The van der Waals surface area contributed by atoms with Crippen LogP contribution in [0.4, 0.5) is 0 Å². The molecule has 1 heterocycles. The van der Waals surface area contributed by atoms with Crippen LogP contribution in [0.1, 0.15) is 19.3 Å². The quantitative estimate of drug-likeness (QED) is 0.560. The summed E-state index contributed by atoms with van der Waals surface area (Å²) >= 11 is 1.10. The number of aliphatic carboxylic acids is 1. The first-order valence-corrected chi connectivity index (χ1v) is 5.49. The number of ketones is 1. The standard InChI is InChI=1S/C9H12O5S/c1-14-7(11)2-4-9(8(12)13)6(10)3-5-15-9/h2-5H2,1H3,(H,12,13). The normalized spacial score (nSPS) is 25.3. The molecule has 1 atom stereocenters. The lowest BCUT2D eigenvalue weighted by atomic mass is 9.96. The van der Waals surface area contributed by atoms with E-state index in [-0.39, 0.29) is 25.0 Å². The molecule has 0 radical (unpaired) electrons. The summed E-state index contributed by atoms with van der Waals surface area (Å²) in [4.78, 5) is 33.4. The zero-order valence-corrected chi connectivity index (χ0v) is 9.13. The highest BCUT2D eigenvalue weighted by Crippen LogP contribution is 2.39. The molecule has 0 aliphatic carbocycles. The van der Waals surface area contributed by atoms with Crippen molar-refractivity contribution in [3.63, 3.8) is 0 Å². The van der Waals surface area contributed by atoms with Crippen LogP contribution in [0.3, 0.4) is 0 Å². The Bertz CT molecular complexity index is 301. The van der Waals surface area contributed by atoms with Gasteiger partial charge in [-0.05, 0) is 6.42 Å². The molecule has 0 bridgehead atoms. The van der Waals surface area contributed by atoms with E-state index in [1.165, 1.54) is 7.11 Å². The van der Waals surface area contributed by atoms with Gasteiger partial charge in [-0.15, -0.1) is 11.8 Å². The number of carbonyl (C=O) groups is 3. The van der Waals surface area contributed by atoms with Crippen LogP contribution in [-0.2, 0) is 19.1 Å². The number of hydrogen-bond donors (Lipinski definition) is 1. The van der Waals surface area contributed by atoms with E-state index in [4.69, 9.17) is 5.11 Å². The molecule has 0 aromatic rings. The second-order valence-electron chi connectivity index (χ2n) is 3.23. The third-order valence-electron chi connectivity index (χ3n) is 2.38. The highest BCUT2D eigenvalue weighted by Gasteiger charge is 2.49. The van der Waals surface area contributed by atoms with Crippen molar-refractivity contribution >= 4 is 29.5 Å². The second-order valence-corrected chi connectivity index (χ2v) is 4.62. The number of carboxylic acids is 1. The van der Waals surface area contributed by atoms with Crippen LogP contribution in [0, 0.1) is 0 Å². The number of ether oxygens (including phenoxy) is 1. The topological polar surface area (TPSA) is 80.7 Å². The van der Waals surface area contributed by atoms with Gasteiger partial charge in [0.25, 0.3) is 0 Å². The van der Waals surface area contributed by atoms with Crippen LogP contribution >= 0.6 is 11.8 Å². The highest BCUT2D eigenvalue weighted by atomic mass is 32.2. The fourth-order valence-electron chi connectivity index (χ4n) is 1.48. The van der Waals surface area contributed by atoms with Gasteiger partial charge >= 0.3 is 11.9 Å². The molecule has 0 spiro atoms. The molecule has 1 saturated heterocycles. The molecule has 1 unspecified atom stereocenters. The fourth-order valence-corrected chi connectivity index (χ4v) is 2.75. The largest absolute Gasteiger partial charge is 0.480 e. The molecule has 5 nitrogen and oxygen atoms in total. The summed E-state index contributed by atoms with van der Waals surface area (Å²) in [5, 5.41) is 9.03. The molecule has 0 amide bonds. The highest BCUT2D eigenvalue weighted by molar-refractivity contribution is 8.02. The fraction of sp³-hybridized carbons (Fsp3) is 0.667. The summed E-state index contributed by atoms with van der Waals surface area (Å²) < 4.78 is 3.00. The van der Waals surface area contributed by atoms with Gasteiger partial charge in [0.15, 0.2) is 10.5 Å². The van der Waals surface area contributed by atoms with E-state index in [0.29, 0.717) is 5.75 Å². The van der Waals surface area contributed by atoms with Gasteiger partial charge in [0.2, 0.25) is 0 Å². The zero-order valence-electron chi connectivity index (χ0n) is 8.32. The Balaban J connectivity index is 2.71.